The predicted octanol–water partition coefficient (Wildman–Crippen LogP) is 24.5. The first-order chi connectivity index (χ1) is 55.0. The number of aliphatic hydroxyl groups is 1. The molecular weight excluding hydrogens is 1430 g/mol. The summed E-state index contributed by atoms with van der Waals surface area (Å²) in [6, 6.07) is 0. The lowest BCUT2D eigenvalue weighted by atomic mass is 9.96. The van der Waals surface area contributed by atoms with E-state index >= 15 is 0 Å². The molecule has 19 heteroatoms. The van der Waals surface area contributed by atoms with Crippen LogP contribution in [0.3, 0.4) is 0 Å². The van der Waals surface area contributed by atoms with Crippen molar-refractivity contribution in [2.45, 2.75) is 442 Å². The summed E-state index contributed by atoms with van der Waals surface area (Å²) in [5, 5.41) is 17.7. The second kappa shape index (κ2) is 90.5. The highest BCUT2D eigenvalue weighted by Gasteiger charge is 2.21. The van der Waals surface area contributed by atoms with E-state index in [1.165, 1.54) is 167 Å². The van der Waals surface area contributed by atoms with Gasteiger partial charge in [-0.15, -0.1) is 0 Å². The van der Waals surface area contributed by atoms with Crippen LogP contribution in [0.15, 0.2) is 0 Å². The number of esters is 3. The Morgan fingerprint density at radius 2 is 0.504 bits per heavy atom. The molecule has 0 aromatic rings. The van der Waals surface area contributed by atoms with E-state index in [0.717, 1.165) is 206 Å². The van der Waals surface area contributed by atoms with Crippen molar-refractivity contribution >= 4 is 36.2 Å². The van der Waals surface area contributed by atoms with Crippen LogP contribution >= 0.6 is 0 Å². The number of hydrogen-bond donors (Lipinski definition) is 2. The fourth-order valence-electron chi connectivity index (χ4n) is 14.1. The molecule has 0 aliphatic heterocycles. The number of ether oxygens (including phenoxy) is 7. The number of carbonyl (C=O) groups is 6. The molecular formula is C94H186N4O15. The highest BCUT2D eigenvalue weighted by molar-refractivity contribution is 5.70. The lowest BCUT2D eigenvalue weighted by molar-refractivity contribution is -0.146. The van der Waals surface area contributed by atoms with Crippen molar-refractivity contribution < 1.29 is 72.1 Å². The van der Waals surface area contributed by atoms with Gasteiger partial charge >= 0.3 is 36.2 Å². The topological polar surface area (TPSA) is 220 Å². The molecule has 4 unspecified atom stereocenters. The van der Waals surface area contributed by atoms with Gasteiger partial charge in [0.25, 0.3) is 0 Å². The second-order valence-corrected chi connectivity index (χ2v) is 32.2. The van der Waals surface area contributed by atoms with Crippen LogP contribution in [0.25, 0.3) is 0 Å². The fraction of sp³-hybridized carbons (Fsp3) is 0.936. The highest BCUT2D eigenvalue weighted by atomic mass is 16.7. The number of aliphatic hydroxyl groups excluding tert-OH is 1. The molecule has 0 saturated heterocycles. The van der Waals surface area contributed by atoms with Crippen molar-refractivity contribution in [3.63, 3.8) is 0 Å². The van der Waals surface area contributed by atoms with E-state index in [0.29, 0.717) is 83.5 Å². The van der Waals surface area contributed by atoms with Crippen molar-refractivity contribution in [2.75, 3.05) is 118 Å². The summed E-state index contributed by atoms with van der Waals surface area (Å²) >= 11 is 0. The smallest absolute Gasteiger partial charge is 0.481 e. The molecule has 2 N–H and O–H groups in total. The number of rotatable bonds is 83. The van der Waals surface area contributed by atoms with Gasteiger partial charge in [-0.25, -0.2) is 9.59 Å². The zero-order chi connectivity index (χ0) is 83.9. The third-order valence-corrected chi connectivity index (χ3v) is 22.0. The van der Waals surface area contributed by atoms with Gasteiger partial charge in [-0.3, -0.25) is 29.0 Å². The molecule has 672 valence electrons. The summed E-state index contributed by atoms with van der Waals surface area (Å²) in [4.78, 5) is 81.5. The molecule has 113 heavy (non-hydrogen) atoms. The summed E-state index contributed by atoms with van der Waals surface area (Å²) in [7, 11) is 0. The van der Waals surface area contributed by atoms with Gasteiger partial charge in [0.1, 0.15) is 32.0 Å². The van der Waals surface area contributed by atoms with E-state index in [2.05, 4.69) is 103 Å². The van der Waals surface area contributed by atoms with E-state index < -0.39 is 18.3 Å². The lowest BCUT2D eigenvalue weighted by Crippen LogP contribution is -2.39. The summed E-state index contributed by atoms with van der Waals surface area (Å²) in [5.41, 5.74) is 0. The van der Waals surface area contributed by atoms with Gasteiger partial charge < -0.3 is 53.2 Å². The monoisotopic (exact) mass is 1610 g/mol. The standard InChI is InChI=1S/C47H92N2O7.C39H78N2O6.C8H16O2/c1-7-13-17-22-28-34-45(50)53-40-38-49(37-36-48(11-5)12-6)39-41-54-47(52)56-44(32-26-19-15-9-3)33-27-23-20-21-24-29-35-46(51)55-42-43(30-16-10-4)31-25-18-14-8-2;1-6-11-14-20-25-36(24-13-8-3)35-46-38(43)28-23-19-17-16-18-22-27-37(26-21-15-12-7-2)47-39(44)45-34-32-41(31-33-42)30-29-40(9-4)10-5;1-2-3-4-5-6-7-8(9)10/h43-44H,7-42H2,1-6H3;36-37,42H,6-35H2,1-5H3;2-7H2,1H3,(H,9,10). The third kappa shape index (κ3) is 83.1. The van der Waals surface area contributed by atoms with Crippen LogP contribution in [0, 0.1) is 11.8 Å². The van der Waals surface area contributed by atoms with Crippen LogP contribution < -0.4 is 0 Å². The van der Waals surface area contributed by atoms with E-state index in [-0.39, 0.29) is 49.9 Å². The molecule has 0 spiro atoms. The number of carboxylic acid groups (broad SMARTS) is 1. The molecule has 0 bridgehead atoms. The van der Waals surface area contributed by atoms with Gasteiger partial charge in [0.05, 0.1) is 19.8 Å². The Balaban J connectivity index is -0.00000192. The lowest BCUT2D eigenvalue weighted by Gasteiger charge is -2.26. The van der Waals surface area contributed by atoms with E-state index in [1.54, 1.807) is 0 Å². The Morgan fingerprint density at radius 1 is 0.257 bits per heavy atom. The van der Waals surface area contributed by atoms with Crippen LogP contribution in [-0.4, -0.2) is 196 Å². The Hall–Kier alpha value is -3.78. The third-order valence-electron chi connectivity index (χ3n) is 22.0. The van der Waals surface area contributed by atoms with E-state index in [1.807, 2.05) is 0 Å². The molecule has 0 radical (unpaired) electrons. The minimum Gasteiger partial charge on any atom is -0.481 e. The number of carboxylic acids is 1. The molecule has 0 aliphatic carbocycles. The van der Waals surface area contributed by atoms with Gasteiger partial charge in [-0.1, -0.05) is 301 Å². The molecule has 0 amide bonds. The van der Waals surface area contributed by atoms with E-state index in [4.69, 9.17) is 38.3 Å². The van der Waals surface area contributed by atoms with Gasteiger partial charge in [0.15, 0.2) is 0 Å². The maximum Gasteiger partial charge on any atom is 0.508 e. The minimum atomic E-state index is -0.670. The van der Waals surface area contributed by atoms with Crippen molar-refractivity contribution in [1.82, 2.24) is 19.6 Å². The first-order valence-corrected chi connectivity index (χ1v) is 47.9. The van der Waals surface area contributed by atoms with Crippen molar-refractivity contribution in [3.8, 4) is 0 Å². The van der Waals surface area contributed by atoms with Crippen LogP contribution in [-0.2, 0) is 52.3 Å². The summed E-state index contributed by atoms with van der Waals surface area (Å²) in [6.45, 7) is 38.3. The molecule has 4 atom stereocenters. The number of likely N-dealkylation sites (N-methyl/N-ethyl adjacent to an activating group) is 2. The molecule has 0 aromatic heterocycles. The maximum atomic E-state index is 12.8. The maximum absolute atomic E-state index is 12.8. The number of hydrogen-bond acceptors (Lipinski definition) is 18. The van der Waals surface area contributed by atoms with Gasteiger partial charge in [0, 0.05) is 78.0 Å². The second-order valence-electron chi connectivity index (χ2n) is 32.2. The fourth-order valence-corrected chi connectivity index (χ4v) is 14.1. The molecule has 0 heterocycles. The summed E-state index contributed by atoms with van der Waals surface area (Å²) in [6.07, 6.45) is 56.5. The van der Waals surface area contributed by atoms with Crippen LogP contribution in [0.5, 0.6) is 0 Å². The van der Waals surface area contributed by atoms with Gasteiger partial charge in [0.2, 0.25) is 0 Å². The minimum absolute atomic E-state index is 0.0317. The Morgan fingerprint density at radius 3 is 0.814 bits per heavy atom. The van der Waals surface area contributed by atoms with Crippen LogP contribution in [0.1, 0.15) is 430 Å². The Bertz CT molecular complexity index is 2040. The summed E-state index contributed by atoms with van der Waals surface area (Å²) in [5.74, 6) is 0.172. The van der Waals surface area contributed by atoms with Crippen LogP contribution in [0.4, 0.5) is 9.59 Å². The van der Waals surface area contributed by atoms with Crippen molar-refractivity contribution in [1.29, 1.82) is 0 Å². The molecule has 0 aliphatic rings. The average Bonchev–Trinajstić information content (AvgIpc) is 0.993. The van der Waals surface area contributed by atoms with Gasteiger partial charge in [-0.2, -0.15) is 0 Å². The molecule has 0 fully saturated rings. The SMILES string of the molecule is CCCCCCC(CCCC)COC(=O)CCCCCCCCC(CCCCCC)OC(=O)OCCN(CCO)CCN(CC)CC.CCCCCCCC(=O)O.CCCCCCCC(=O)OCCN(CCOC(=O)OC(CCCCCC)CCCCCCCCC(=O)OCC(CCCC)CCCCCC)CCN(CC)CC. The zero-order valence-corrected chi connectivity index (χ0v) is 76.2. The van der Waals surface area contributed by atoms with Crippen molar-refractivity contribution in [2.24, 2.45) is 11.8 Å². The highest BCUT2D eigenvalue weighted by Crippen LogP contribution is 2.23. The van der Waals surface area contributed by atoms with Gasteiger partial charge in [-0.05, 0) is 141 Å². The molecule has 19 nitrogen and oxygen atoms in total. The molecule has 0 aromatic carbocycles. The normalized spacial score (nSPS) is 12.4. The number of aliphatic carboxylic acids is 1. The Labute approximate surface area is 696 Å². The molecule has 0 saturated carbocycles. The molecule has 0 rings (SSSR count). The van der Waals surface area contributed by atoms with Crippen LogP contribution in [0.2, 0.25) is 0 Å². The zero-order valence-electron chi connectivity index (χ0n) is 76.2. The quantitative estimate of drug-likeness (QED) is 0.0328. The average molecular weight is 1610 g/mol. The number of nitrogens with zero attached hydrogens (tertiary/aromatic N) is 4. The first kappa shape index (κ1) is 113. The summed E-state index contributed by atoms with van der Waals surface area (Å²) < 4.78 is 39.7. The first-order valence-electron chi connectivity index (χ1n) is 47.9. The largest absolute Gasteiger partial charge is 0.508 e. The van der Waals surface area contributed by atoms with E-state index in [9.17, 15) is 33.9 Å². The predicted molar refractivity (Wildman–Crippen MR) is 470 cm³/mol. The Kier molecular flexibility index (Phi) is 90.8. The van der Waals surface area contributed by atoms with Crippen molar-refractivity contribution in [3.05, 3.63) is 0 Å². The number of unbranched alkanes of at least 4 members (excludes halogenated alkanes) is 32. The number of carbonyl (C=O) groups excluding carboxylic acids is 5.